The van der Waals surface area contributed by atoms with Gasteiger partial charge in [-0.15, -0.1) is 0 Å². The Balaban J connectivity index is 2.43. The van der Waals surface area contributed by atoms with Crippen LogP contribution in [0.4, 0.5) is 0 Å². The number of rotatable bonds is 2. The van der Waals surface area contributed by atoms with Gasteiger partial charge in [0.15, 0.2) is 0 Å². The molecule has 4 nitrogen and oxygen atoms in total. The lowest BCUT2D eigenvalue weighted by atomic mass is 9.98. The first-order valence-electron chi connectivity index (χ1n) is 7.45. The zero-order valence-electron chi connectivity index (χ0n) is 12.9. The van der Waals surface area contributed by atoms with Crippen molar-refractivity contribution in [2.45, 2.75) is 52.5 Å². The van der Waals surface area contributed by atoms with E-state index in [0.717, 1.165) is 37.1 Å². The molecule has 0 aromatic carbocycles. The van der Waals surface area contributed by atoms with Crippen molar-refractivity contribution >= 4 is 5.91 Å². The molecular weight excluding hydrogens is 252 g/mol. The normalized spacial score (nSPS) is 19.2. The van der Waals surface area contributed by atoms with Gasteiger partial charge in [-0.25, -0.2) is 0 Å². The molecule has 2 rings (SSSR count). The summed E-state index contributed by atoms with van der Waals surface area (Å²) in [6.07, 6.45) is 4.21. The van der Waals surface area contributed by atoms with Crippen LogP contribution in [-0.4, -0.2) is 28.0 Å². The summed E-state index contributed by atoms with van der Waals surface area (Å²) >= 11 is 0. The van der Waals surface area contributed by atoms with Crippen LogP contribution < -0.4 is 5.56 Å². The molecule has 20 heavy (non-hydrogen) atoms. The van der Waals surface area contributed by atoms with Crippen molar-refractivity contribution in [2.24, 2.45) is 7.05 Å². The second kappa shape index (κ2) is 5.81. The molecule has 0 N–H and O–H groups in total. The molecule has 0 bridgehead atoms. The lowest BCUT2D eigenvalue weighted by molar-refractivity contribution is 0.0605. The third kappa shape index (κ3) is 2.51. The van der Waals surface area contributed by atoms with Crippen LogP contribution in [0.3, 0.4) is 0 Å². The Labute approximate surface area is 120 Å². The SMILES string of the molecule is CCC1CCCCN1C(=O)c1c(C)cc(C)n(C)c1=O. The van der Waals surface area contributed by atoms with E-state index in [4.69, 9.17) is 0 Å². The van der Waals surface area contributed by atoms with Crippen LogP contribution >= 0.6 is 0 Å². The average molecular weight is 276 g/mol. The number of likely N-dealkylation sites (tertiary alicyclic amines) is 1. The van der Waals surface area contributed by atoms with Crippen molar-refractivity contribution in [1.29, 1.82) is 0 Å². The van der Waals surface area contributed by atoms with Crippen molar-refractivity contribution in [3.63, 3.8) is 0 Å². The lowest BCUT2D eigenvalue weighted by Gasteiger charge is -2.35. The maximum absolute atomic E-state index is 12.8. The van der Waals surface area contributed by atoms with Crippen LogP contribution in [0.2, 0.25) is 0 Å². The molecule has 1 amide bonds. The number of carbonyl (C=O) groups is 1. The third-order valence-electron chi connectivity index (χ3n) is 4.44. The topological polar surface area (TPSA) is 42.3 Å². The van der Waals surface area contributed by atoms with Gasteiger partial charge in [0.05, 0.1) is 0 Å². The molecule has 4 heteroatoms. The minimum absolute atomic E-state index is 0.0883. The number of hydrogen-bond donors (Lipinski definition) is 0. The van der Waals surface area contributed by atoms with E-state index in [1.165, 1.54) is 6.42 Å². The largest absolute Gasteiger partial charge is 0.335 e. The van der Waals surface area contributed by atoms with Crippen molar-refractivity contribution in [3.05, 3.63) is 33.2 Å². The fourth-order valence-corrected chi connectivity index (χ4v) is 3.08. The number of nitrogens with zero attached hydrogens (tertiary/aromatic N) is 2. The van der Waals surface area contributed by atoms with Crippen LogP contribution in [-0.2, 0) is 7.05 Å². The molecule has 1 aliphatic rings. The molecular formula is C16H24N2O2. The summed E-state index contributed by atoms with van der Waals surface area (Å²) in [5.41, 5.74) is 1.84. The van der Waals surface area contributed by atoms with Gasteiger partial charge in [-0.3, -0.25) is 9.59 Å². The predicted octanol–water partition coefficient (Wildman–Crippen LogP) is 2.41. The minimum Gasteiger partial charge on any atom is -0.335 e. The summed E-state index contributed by atoms with van der Waals surface area (Å²) in [6, 6.07) is 2.20. The highest BCUT2D eigenvalue weighted by atomic mass is 16.2. The molecule has 0 radical (unpaired) electrons. The van der Waals surface area contributed by atoms with Crippen LogP contribution in [0.15, 0.2) is 10.9 Å². The second-order valence-corrected chi connectivity index (χ2v) is 5.76. The Morgan fingerprint density at radius 3 is 2.70 bits per heavy atom. The van der Waals surface area contributed by atoms with Gasteiger partial charge in [0.2, 0.25) is 0 Å². The molecule has 0 aliphatic carbocycles. The van der Waals surface area contributed by atoms with Crippen LogP contribution in [0.5, 0.6) is 0 Å². The van der Waals surface area contributed by atoms with E-state index in [1.54, 1.807) is 11.6 Å². The zero-order valence-corrected chi connectivity index (χ0v) is 12.9. The molecule has 1 saturated heterocycles. The van der Waals surface area contributed by atoms with Crippen LogP contribution in [0.1, 0.15) is 54.2 Å². The summed E-state index contributed by atoms with van der Waals surface area (Å²) in [6.45, 7) is 6.62. The first-order valence-corrected chi connectivity index (χ1v) is 7.45. The summed E-state index contributed by atoms with van der Waals surface area (Å²) in [5.74, 6) is -0.0883. The maximum atomic E-state index is 12.8. The smallest absolute Gasteiger partial charge is 0.263 e. The quantitative estimate of drug-likeness (QED) is 0.832. The fourth-order valence-electron chi connectivity index (χ4n) is 3.08. The van der Waals surface area contributed by atoms with Gasteiger partial charge in [-0.05, 0) is 51.2 Å². The molecule has 1 aromatic rings. The number of aryl methyl sites for hydroxylation is 2. The average Bonchev–Trinajstić information content (AvgIpc) is 2.44. The van der Waals surface area contributed by atoms with E-state index >= 15 is 0 Å². The second-order valence-electron chi connectivity index (χ2n) is 5.76. The number of piperidine rings is 1. The molecule has 0 saturated carbocycles. The third-order valence-corrected chi connectivity index (χ3v) is 4.44. The van der Waals surface area contributed by atoms with Gasteiger partial charge in [0, 0.05) is 25.3 Å². The Morgan fingerprint density at radius 2 is 2.05 bits per heavy atom. The predicted molar refractivity (Wildman–Crippen MR) is 80.1 cm³/mol. The Kier molecular flexibility index (Phi) is 4.31. The number of aromatic nitrogens is 1. The summed E-state index contributed by atoms with van der Waals surface area (Å²) in [7, 11) is 1.72. The minimum atomic E-state index is -0.173. The Hall–Kier alpha value is -1.58. The first-order chi connectivity index (χ1) is 9.47. The number of hydrogen-bond acceptors (Lipinski definition) is 2. The van der Waals surface area contributed by atoms with Crippen LogP contribution in [0, 0.1) is 13.8 Å². The molecule has 0 spiro atoms. The molecule has 1 fully saturated rings. The Bertz CT molecular complexity index is 575. The van der Waals surface area contributed by atoms with Gasteiger partial charge in [0.1, 0.15) is 5.56 Å². The van der Waals surface area contributed by atoms with Gasteiger partial charge >= 0.3 is 0 Å². The van der Waals surface area contributed by atoms with E-state index in [9.17, 15) is 9.59 Å². The van der Waals surface area contributed by atoms with Crippen molar-refractivity contribution in [1.82, 2.24) is 9.47 Å². The summed E-state index contributed by atoms with van der Waals surface area (Å²) in [4.78, 5) is 27.1. The molecule has 2 heterocycles. The highest BCUT2D eigenvalue weighted by Gasteiger charge is 2.29. The monoisotopic (exact) mass is 276 g/mol. The standard InChI is InChI=1S/C16H24N2O2/c1-5-13-8-6-7-9-18(13)16(20)14-11(2)10-12(3)17(4)15(14)19/h10,13H,5-9H2,1-4H3. The van der Waals surface area contributed by atoms with Gasteiger partial charge in [0.25, 0.3) is 11.5 Å². The van der Waals surface area contributed by atoms with Crippen molar-refractivity contribution in [3.8, 4) is 0 Å². The van der Waals surface area contributed by atoms with E-state index in [2.05, 4.69) is 6.92 Å². The van der Waals surface area contributed by atoms with E-state index in [1.807, 2.05) is 24.8 Å². The van der Waals surface area contributed by atoms with Crippen molar-refractivity contribution in [2.75, 3.05) is 6.54 Å². The first kappa shape index (κ1) is 14.8. The van der Waals surface area contributed by atoms with E-state index < -0.39 is 0 Å². The zero-order chi connectivity index (χ0) is 14.9. The highest BCUT2D eigenvalue weighted by molar-refractivity contribution is 5.95. The molecule has 1 atom stereocenters. The molecule has 1 unspecified atom stereocenters. The highest BCUT2D eigenvalue weighted by Crippen LogP contribution is 2.22. The number of carbonyl (C=O) groups excluding carboxylic acids is 1. The van der Waals surface area contributed by atoms with E-state index in [-0.39, 0.29) is 17.5 Å². The maximum Gasteiger partial charge on any atom is 0.263 e. The number of amides is 1. The lowest BCUT2D eigenvalue weighted by Crippen LogP contribution is -2.46. The van der Waals surface area contributed by atoms with Gasteiger partial charge in [-0.2, -0.15) is 0 Å². The molecule has 110 valence electrons. The summed E-state index contributed by atoms with van der Waals surface area (Å²) < 4.78 is 1.56. The van der Waals surface area contributed by atoms with Crippen LogP contribution in [0.25, 0.3) is 0 Å². The molecule has 1 aromatic heterocycles. The summed E-state index contributed by atoms with van der Waals surface area (Å²) in [5, 5.41) is 0. The van der Waals surface area contributed by atoms with Gasteiger partial charge < -0.3 is 9.47 Å². The van der Waals surface area contributed by atoms with Crippen molar-refractivity contribution < 1.29 is 4.79 Å². The fraction of sp³-hybridized carbons (Fsp3) is 0.625. The van der Waals surface area contributed by atoms with E-state index in [0.29, 0.717) is 5.56 Å². The van der Waals surface area contributed by atoms with Gasteiger partial charge in [-0.1, -0.05) is 6.92 Å². The Morgan fingerprint density at radius 1 is 1.35 bits per heavy atom. The number of pyridine rings is 1. The molecule has 1 aliphatic heterocycles.